The third-order valence-electron chi connectivity index (χ3n) is 4.02. The van der Waals surface area contributed by atoms with E-state index in [4.69, 9.17) is 21.1 Å². The molecule has 0 aliphatic heterocycles. The Labute approximate surface area is 164 Å². The summed E-state index contributed by atoms with van der Waals surface area (Å²) in [6.45, 7) is 5.02. The Bertz CT molecular complexity index is 844. The molecule has 0 fully saturated rings. The zero-order chi connectivity index (χ0) is 20.1. The number of hydrogen-bond acceptors (Lipinski definition) is 4. The molecule has 0 aliphatic carbocycles. The molecule has 6 nitrogen and oxygen atoms in total. The van der Waals surface area contributed by atoms with E-state index in [2.05, 4.69) is 5.32 Å². The first kappa shape index (κ1) is 20.6. The van der Waals surface area contributed by atoms with Gasteiger partial charge in [0.25, 0.3) is 0 Å². The molecule has 0 bridgehead atoms. The molecule has 2 aromatic carbocycles. The van der Waals surface area contributed by atoms with Crippen molar-refractivity contribution in [3.05, 3.63) is 46.5 Å². The van der Waals surface area contributed by atoms with Crippen molar-refractivity contribution >= 4 is 34.8 Å². The molecule has 0 atom stereocenters. The van der Waals surface area contributed by atoms with Crippen molar-refractivity contribution in [3.63, 3.8) is 0 Å². The van der Waals surface area contributed by atoms with Gasteiger partial charge in [0.15, 0.2) is 11.5 Å². The van der Waals surface area contributed by atoms with Gasteiger partial charge < -0.3 is 19.7 Å². The molecule has 0 radical (unpaired) electrons. The summed E-state index contributed by atoms with van der Waals surface area (Å²) in [7, 11) is 3.05. The zero-order valence-corrected chi connectivity index (χ0v) is 16.8. The summed E-state index contributed by atoms with van der Waals surface area (Å²) >= 11 is 6.33. The summed E-state index contributed by atoms with van der Waals surface area (Å²) < 4.78 is 10.4. The van der Waals surface area contributed by atoms with Crippen LogP contribution in [0.5, 0.6) is 11.5 Å². The minimum absolute atomic E-state index is 0.159. The molecule has 0 unspecified atom stereocenters. The fourth-order valence-electron chi connectivity index (χ4n) is 2.86. The van der Waals surface area contributed by atoms with E-state index < -0.39 is 0 Å². The van der Waals surface area contributed by atoms with E-state index in [-0.39, 0.29) is 18.4 Å². The normalized spacial score (nSPS) is 10.3. The molecular formula is C20H23ClN2O4. The summed E-state index contributed by atoms with van der Waals surface area (Å²) in [5, 5.41) is 3.19. The number of nitrogens with one attached hydrogen (secondary N) is 1. The highest BCUT2D eigenvalue weighted by molar-refractivity contribution is 6.34. The van der Waals surface area contributed by atoms with E-state index in [1.807, 2.05) is 19.9 Å². The number of nitrogens with zero attached hydrogens (tertiary/aromatic N) is 1. The van der Waals surface area contributed by atoms with E-state index in [1.165, 1.54) is 26.0 Å². The van der Waals surface area contributed by atoms with Crippen LogP contribution in [0.15, 0.2) is 30.3 Å². The van der Waals surface area contributed by atoms with Crippen LogP contribution >= 0.6 is 11.6 Å². The Morgan fingerprint density at radius 1 is 1.07 bits per heavy atom. The molecule has 2 amide bonds. The summed E-state index contributed by atoms with van der Waals surface area (Å²) in [4.78, 5) is 26.0. The largest absolute Gasteiger partial charge is 0.493 e. The van der Waals surface area contributed by atoms with Crippen LogP contribution in [0.4, 0.5) is 11.4 Å². The molecule has 0 aromatic heterocycles. The average Bonchev–Trinajstić information content (AvgIpc) is 2.59. The molecule has 1 N–H and O–H groups in total. The number of aryl methyl sites for hydroxylation is 2. The molecule has 2 rings (SSSR count). The third kappa shape index (κ3) is 4.92. The number of hydrogen-bond donors (Lipinski definition) is 1. The number of ether oxygens (including phenoxy) is 2. The summed E-state index contributed by atoms with van der Waals surface area (Å²) in [6, 6.07) is 8.73. The van der Waals surface area contributed by atoms with Gasteiger partial charge in [0, 0.05) is 18.7 Å². The topological polar surface area (TPSA) is 67.9 Å². The zero-order valence-electron chi connectivity index (χ0n) is 16.1. The van der Waals surface area contributed by atoms with Crippen molar-refractivity contribution in [1.82, 2.24) is 0 Å². The van der Waals surface area contributed by atoms with E-state index >= 15 is 0 Å². The fourth-order valence-corrected chi connectivity index (χ4v) is 3.28. The maximum Gasteiger partial charge on any atom is 0.244 e. The molecule has 7 heteroatoms. The van der Waals surface area contributed by atoms with Gasteiger partial charge in [0.2, 0.25) is 11.8 Å². The van der Waals surface area contributed by atoms with Crippen LogP contribution in [0, 0.1) is 13.8 Å². The van der Waals surface area contributed by atoms with Gasteiger partial charge in [-0.25, -0.2) is 0 Å². The van der Waals surface area contributed by atoms with E-state index in [0.29, 0.717) is 27.9 Å². The standard InChI is InChI=1S/C20H23ClN2O4/c1-12-8-13(2)20(16(21)9-12)23(14(3)24)11-19(25)22-15-6-7-17(26-4)18(10-15)27-5/h6-10H,11H2,1-5H3,(H,22,25). The first-order valence-corrected chi connectivity index (χ1v) is 8.71. The molecule has 0 spiro atoms. The van der Waals surface area contributed by atoms with E-state index in [9.17, 15) is 9.59 Å². The smallest absolute Gasteiger partial charge is 0.244 e. The molecular weight excluding hydrogens is 368 g/mol. The van der Waals surface area contributed by atoms with Gasteiger partial charge in [-0.15, -0.1) is 0 Å². The maximum absolute atomic E-state index is 12.5. The van der Waals surface area contributed by atoms with Crippen molar-refractivity contribution < 1.29 is 19.1 Å². The lowest BCUT2D eigenvalue weighted by molar-refractivity contribution is -0.120. The molecule has 0 heterocycles. The molecule has 0 aliphatic rings. The number of methoxy groups -OCH3 is 2. The van der Waals surface area contributed by atoms with Gasteiger partial charge in [-0.2, -0.15) is 0 Å². The Balaban J connectivity index is 2.23. The van der Waals surface area contributed by atoms with Crippen LogP contribution < -0.4 is 19.7 Å². The molecule has 144 valence electrons. The number of amides is 2. The third-order valence-corrected chi connectivity index (χ3v) is 4.31. The Morgan fingerprint density at radius 3 is 2.30 bits per heavy atom. The highest BCUT2D eigenvalue weighted by Crippen LogP contribution is 2.32. The summed E-state index contributed by atoms with van der Waals surface area (Å²) in [5.41, 5.74) is 2.89. The lowest BCUT2D eigenvalue weighted by atomic mass is 10.1. The number of benzene rings is 2. The SMILES string of the molecule is COc1ccc(NC(=O)CN(C(C)=O)c2c(C)cc(C)cc2Cl)cc1OC. The van der Waals surface area contributed by atoms with Crippen molar-refractivity contribution in [1.29, 1.82) is 0 Å². The van der Waals surface area contributed by atoms with Crippen LogP contribution in [-0.2, 0) is 9.59 Å². The van der Waals surface area contributed by atoms with Crippen LogP contribution in [0.2, 0.25) is 5.02 Å². The predicted molar refractivity (Wildman–Crippen MR) is 107 cm³/mol. The minimum atomic E-state index is -0.353. The molecule has 0 saturated heterocycles. The van der Waals surface area contributed by atoms with Gasteiger partial charge in [0.1, 0.15) is 6.54 Å². The molecule has 2 aromatic rings. The second-order valence-electron chi connectivity index (χ2n) is 6.14. The number of anilines is 2. The van der Waals surface area contributed by atoms with E-state index in [0.717, 1.165) is 11.1 Å². The van der Waals surface area contributed by atoms with Crippen molar-refractivity contribution in [2.45, 2.75) is 20.8 Å². The fraction of sp³-hybridized carbons (Fsp3) is 0.300. The van der Waals surface area contributed by atoms with Gasteiger partial charge in [-0.1, -0.05) is 17.7 Å². The second-order valence-corrected chi connectivity index (χ2v) is 6.54. The Hall–Kier alpha value is -2.73. The average molecular weight is 391 g/mol. The van der Waals surface area contributed by atoms with Crippen LogP contribution in [0.3, 0.4) is 0 Å². The first-order valence-electron chi connectivity index (χ1n) is 8.33. The summed E-state index contributed by atoms with van der Waals surface area (Å²) in [6.07, 6.45) is 0. The molecule has 27 heavy (non-hydrogen) atoms. The minimum Gasteiger partial charge on any atom is -0.493 e. The number of carbonyl (C=O) groups excluding carboxylic acids is 2. The monoisotopic (exact) mass is 390 g/mol. The number of halogens is 1. The highest BCUT2D eigenvalue weighted by Gasteiger charge is 2.21. The second kappa shape index (κ2) is 8.77. The predicted octanol–water partition coefficient (Wildman–Crippen LogP) is 3.97. The number of rotatable bonds is 6. The van der Waals surface area contributed by atoms with Crippen LogP contribution in [-0.4, -0.2) is 32.6 Å². The Morgan fingerprint density at radius 2 is 1.74 bits per heavy atom. The lowest BCUT2D eigenvalue weighted by Gasteiger charge is -2.24. The molecule has 0 saturated carbocycles. The van der Waals surface area contributed by atoms with Crippen molar-refractivity contribution in [2.75, 3.05) is 31.0 Å². The van der Waals surface area contributed by atoms with Gasteiger partial charge in [-0.05, 0) is 43.2 Å². The van der Waals surface area contributed by atoms with Gasteiger partial charge >= 0.3 is 0 Å². The van der Waals surface area contributed by atoms with Gasteiger partial charge in [-0.3, -0.25) is 9.59 Å². The maximum atomic E-state index is 12.5. The van der Waals surface area contributed by atoms with Gasteiger partial charge in [0.05, 0.1) is 24.9 Å². The highest BCUT2D eigenvalue weighted by atomic mass is 35.5. The van der Waals surface area contributed by atoms with Crippen molar-refractivity contribution in [2.24, 2.45) is 0 Å². The quantitative estimate of drug-likeness (QED) is 0.810. The van der Waals surface area contributed by atoms with Crippen molar-refractivity contribution in [3.8, 4) is 11.5 Å². The van der Waals surface area contributed by atoms with E-state index in [1.54, 1.807) is 24.3 Å². The first-order chi connectivity index (χ1) is 12.8. The van der Waals surface area contributed by atoms with Crippen LogP contribution in [0.1, 0.15) is 18.1 Å². The summed E-state index contributed by atoms with van der Waals surface area (Å²) in [5.74, 6) is 0.429. The Kier molecular flexibility index (Phi) is 6.69. The lowest BCUT2D eigenvalue weighted by Crippen LogP contribution is -2.37. The van der Waals surface area contributed by atoms with Crippen LogP contribution in [0.25, 0.3) is 0 Å². The number of carbonyl (C=O) groups is 2.